The predicted octanol–water partition coefficient (Wildman–Crippen LogP) is 2.85. The molecule has 20 heavy (non-hydrogen) atoms. The van der Waals surface area contributed by atoms with Crippen LogP contribution in [-0.2, 0) is 4.79 Å². The molecule has 1 aromatic carbocycles. The van der Waals surface area contributed by atoms with E-state index in [0.717, 1.165) is 30.8 Å². The fourth-order valence-corrected chi connectivity index (χ4v) is 2.70. The van der Waals surface area contributed by atoms with Crippen LogP contribution in [0.5, 0.6) is 0 Å². The van der Waals surface area contributed by atoms with Gasteiger partial charge in [0.15, 0.2) is 0 Å². The van der Waals surface area contributed by atoms with Crippen LogP contribution < -0.4 is 10.6 Å². The molecule has 0 radical (unpaired) electrons. The number of amides is 1. The second kappa shape index (κ2) is 6.27. The lowest BCUT2D eigenvalue weighted by Gasteiger charge is -2.36. The molecule has 0 saturated carbocycles. The number of hydrogen-bond acceptors (Lipinski definition) is 3. The zero-order valence-corrected chi connectivity index (χ0v) is 12.9. The first-order valence-corrected chi connectivity index (χ1v) is 7.30. The van der Waals surface area contributed by atoms with Gasteiger partial charge in [0.2, 0.25) is 5.91 Å². The minimum atomic E-state index is -0.0345. The molecule has 2 rings (SSSR count). The molecular formula is C16H25N3O. The van der Waals surface area contributed by atoms with Crippen molar-refractivity contribution in [3.05, 3.63) is 23.8 Å². The Morgan fingerprint density at radius 2 is 2.15 bits per heavy atom. The highest BCUT2D eigenvalue weighted by atomic mass is 16.1. The van der Waals surface area contributed by atoms with Crippen molar-refractivity contribution in [3.63, 3.8) is 0 Å². The number of hydrogen-bond donors (Lipinski definition) is 2. The van der Waals surface area contributed by atoms with Crippen molar-refractivity contribution >= 4 is 17.3 Å². The number of likely N-dealkylation sites (tertiary alicyclic amines) is 1. The van der Waals surface area contributed by atoms with E-state index in [1.807, 2.05) is 18.2 Å². The molecule has 2 unspecified atom stereocenters. The molecule has 2 N–H and O–H groups in total. The highest BCUT2D eigenvalue weighted by Gasteiger charge is 2.22. The summed E-state index contributed by atoms with van der Waals surface area (Å²) >= 11 is 0. The lowest BCUT2D eigenvalue weighted by atomic mass is 9.98. The number of nitrogens with one attached hydrogen (secondary N) is 2. The lowest BCUT2D eigenvalue weighted by molar-refractivity contribution is -0.114. The third-order valence-corrected chi connectivity index (χ3v) is 4.13. The molecule has 1 saturated heterocycles. The van der Waals surface area contributed by atoms with Crippen LogP contribution in [0.2, 0.25) is 0 Å². The summed E-state index contributed by atoms with van der Waals surface area (Å²) in [5.74, 6) is -0.0345. The highest BCUT2D eigenvalue weighted by Crippen LogP contribution is 2.25. The first-order valence-electron chi connectivity index (χ1n) is 7.30. The first-order chi connectivity index (χ1) is 9.45. The Kier molecular flexibility index (Phi) is 4.65. The number of piperidine rings is 1. The highest BCUT2D eigenvalue weighted by molar-refractivity contribution is 5.89. The number of benzene rings is 1. The third-order valence-electron chi connectivity index (χ3n) is 4.13. The summed E-state index contributed by atoms with van der Waals surface area (Å²) in [6, 6.07) is 7.14. The number of carbonyl (C=O) groups excluding carboxylic acids is 1. The van der Waals surface area contributed by atoms with Crippen molar-refractivity contribution in [2.45, 2.75) is 45.7 Å². The van der Waals surface area contributed by atoms with Crippen molar-refractivity contribution in [2.24, 2.45) is 0 Å². The minimum Gasteiger partial charge on any atom is -0.382 e. The average Bonchev–Trinajstić information content (AvgIpc) is 2.37. The van der Waals surface area contributed by atoms with Gasteiger partial charge in [-0.3, -0.25) is 4.79 Å². The van der Waals surface area contributed by atoms with Crippen LogP contribution in [-0.4, -0.2) is 36.5 Å². The van der Waals surface area contributed by atoms with E-state index in [1.54, 1.807) is 0 Å². The summed E-state index contributed by atoms with van der Waals surface area (Å²) in [4.78, 5) is 13.5. The van der Waals surface area contributed by atoms with Crippen LogP contribution in [0, 0.1) is 6.92 Å². The molecule has 0 bridgehead atoms. The van der Waals surface area contributed by atoms with Gasteiger partial charge in [-0.25, -0.2) is 0 Å². The fourth-order valence-electron chi connectivity index (χ4n) is 2.70. The van der Waals surface area contributed by atoms with Crippen molar-refractivity contribution in [1.29, 1.82) is 0 Å². The molecular weight excluding hydrogens is 250 g/mol. The fraction of sp³-hybridized carbons (Fsp3) is 0.562. The molecule has 110 valence electrons. The second-order valence-corrected chi connectivity index (χ2v) is 5.91. The van der Waals surface area contributed by atoms with Crippen molar-refractivity contribution < 1.29 is 4.79 Å². The maximum Gasteiger partial charge on any atom is 0.221 e. The van der Waals surface area contributed by atoms with Gasteiger partial charge in [-0.05, 0) is 51.4 Å². The molecule has 2 atom stereocenters. The zero-order chi connectivity index (χ0) is 14.7. The molecule has 4 nitrogen and oxygen atoms in total. The summed E-state index contributed by atoms with van der Waals surface area (Å²) in [5.41, 5.74) is 3.19. The Morgan fingerprint density at radius 1 is 1.40 bits per heavy atom. The van der Waals surface area contributed by atoms with Gasteiger partial charge < -0.3 is 15.5 Å². The molecule has 4 heteroatoms. The van der Waals surface area contributed by atoms with Crippen LogP contribution in [0.3, 0.4) is 0 Å². The number of rotatable bonds is 3. The van der Waals surface area contributed by atoms with Crippen LogP contribution in [0.1, 0.15) is 32.3 Å². The maximum atomic E-state index is 11.1. The Hall–Kier alpha value is -1.55. The van der Waals surface area contributed by atoms with Crippen LogP contribution >= 0.6 is 0 Å². The first kappa shape index (κ1) is 14.9. The number of carbonyl (C=O) groups is 1. The van der Waals surface area contributed by atoms with Crippen LogP contribution in [0.15, 0.2) is 18.2 Å². The second-order valence-electron chi connectivity index (χ2n) is 5.91. The standard InChI is InChI=1S/C16H25N3O/c1-11-5-6-14(17-13(3)20)10-16(11)18-15-7-8-19(4)12(2)9-15/h5-6,10,12,15,18H,7-9H2,1-4H3,(H,17,20). The van der Waals surface area contributed by atoms with E-state index in [4.69, 9.17) is 0 Å². The number of nitrogens with zero attached hydrogens (tertiary/aromatic N) is 1. The van der Waals surface area contributed by atoms with Gasteiger partial charge >= 0.3 is 0 Å². The Morgan fingerprint density at radius 3 is 2.80 bits per heavy atom. The lowest BCUT2D eigenvalue weighted by Crippen LogP contribution is -2.42. The van der Waals surface area contributed by atoms with Crippen molar-refractivity contribution in [3.8, 4) is 0 Å². The summed E-state index contributed by atoms with van der Waals surface area (Å²) < 4.78 is 0. The van der Waals surface area contributed by atoms with E-state index in [2.05, 4.69) is 36.4 Å². The molecule has 0 aromatic heterocycles. The summed E-state index contributed by atoms with van der Waals surface area (Å²) in [6.45, 7) is 7.03. The van der Waals surface area contributed by atoms with Gasteiger partial charge in [0.05, 0.1) is 0 Å². The average molecular weight is 275 g/mol. The summed E-state index contributed by atoms with van der Waals surface area (Å²) in [5, 5.41) is 6.47. The molecule has 1 aromatic rings. The van der Waals surface area contributed by atoms with E-state index in [9.17, 15) is 4.79 Å². The van der Waals surface area contributed by atoms with E-state index < -0.39 is 0 Å². The Labute approximate surface area is 121 Å². The Bertz CT molecular complexity index is 487. The van der Waals surface area contributed by atoms with Gasteiger partial charge in [0.1, 0.15) is 0 Å². The quantitative estimate of drug-likeness (QED) is 0.891. The molecule has 1 heterocycles. The summed E-state index contributed by atoms with van der Waals surface area (Å²) in [7, 11) is 2.18. The van der Waals surface area contributed by atoms with Gasteiger partial charge in [-0.2, -0.15) is 0 Å². The van der Waals surface area contributed by atoms with Crippen LogP contribution in [0.4, 0.5) is 11.4 Å². The molecule has 1 fully saturated rings. The molecule has 1 aliphatic rings. The normalized spacial score (nSPS) is 23.4. The van der Waals surface area contributed by atoms with Gasteiger partial charge in [-0.1, -0.05) is 6.07 Å². The molecule has 1 amide bonds. The van der Waals surface area contributed by atoms with E-state index in [1.165, 1.54) is 12.5 Å². The van der Waals surface area contributed by atoms with Crippen molar-refractivity contribution in [2.75, 3.05) is 24.2 Å². The SMILES string of the molecule is CC(=O)Nc1ccc(C)c(NC2CCN(C)C(C)C2)c1. The largest absolute Gasteiger partial charge is 0.382 e. The van der Waals surface area contributed by atoms with E-state index in [-0.39, 0.29) is 5.91 Å². The smallest absolute Gasteiger partial charge is 0.221 e. The van der Waals surface area contributed by atoms with Crippen LogP contribution in [0.25, 0.3) is 0 Å². The molecule has 1 aliphatic heterocycles. The van der Waals surface area contributed by atoms with E-state index >= 15 is 0 Å². The third kappa shape index (κ3) is 3.73. The monoisotopic (exact) mass is 275 g/mol. The Balaban J connectivity index is 2.06. The molecule has 0 spiro atoms. The van der Waals surface area contributed by atoms with Crippen molar-refractivity contribution in [1.82, 2.24) is 4.90 Å². The van der Waals surface area contributed by atoms with Gasteiger partial charge in [-0.15, -0.1) is 0 Å². The molecule has 0 aliphatic carbocycles. The van der Waals surface area contributed by atoms with Gasteiger partial charge in [0.25, 0.3) is 0 Å². The number of aryl methyl sites for hydroxylation is 1. The minimum absolute atomic E-state index is 0.0345. The number of anilines is 2. The van der Waals surface area contributed by atoms with E-state index in [0.29, 0.717) is 12.1 Å². The predicted molar refractivity (Wildman–Crippen MR) is 84.2 cm³/mol. The van der Waals surface area contributed by atoms with Gasteiger partial charge in [0, 0.05) is 36.9 Å². The summed E-state index contributed by atoms with van der Waals surface area (Å²) in [6.07, 6.45) is 2.31. The maximum absolute atomic E-state index is 11.1. The topological polar surface area (TPSA) is 44.4 Å². The zero-order valence-electron chi connectivity index (χ0n) is 12.9.